The molecule has 4 heteroatoms. The van der Waals surface area contributed by atoms with Crippen LogP contribution in [0.4, 0.5) is 17.1 Å². The standard InChI is InChI=1S/C52H39N3O/c1-5-14-36(15-6-1)38-24-26-41(27-25-38)48-35-47(40-18-9-3-10-19-40)53-52(54-48)46-22-13-23-49-51(46)45-33-32-44(34-50(45)56-49)55(42-20-11-4-12-21-42)43-30-28-39(29-31-43)37-16-7-2-8-17-37/h1-2,4-9,11-26,28-35,41H,3,10,27H2. The average Bonchev–Trinajstić information content (AvgIpc) is 3.66. The number of rotatable bonds is 8. The van der Waals surface area contributed by atoms with Crippen LogP contribution in [0, 0.1) is 0 Å². The molecule has 2 aliphatic carbocycles. The maximum atomic E-state index is 6.68. The van der Waals surface area contributed by atoms with Gasteiger partial charge in [-0.05, 0) is 95.6 Å². The van der Waals surface area contributed by atoms with E-state index in [-0.39, 0.29) is 5.92 Å². The number of hydrogen-bond donors (Lipinski definition) is 0. The third-order valence-corrected chi connectivity index (χ3v) is 10.9. The minimum absolute atomic E-state index is 0.143. The van der Waals surface area contributed by atoms with Crippen molar-refractivity contribution in [3.63, 3.8) is 0 Å². The van der Waals surface area contributed by atoms with E-state index in [1.165, 1.54) is 22.3 Å². The molecule has 2 heterocycles. The number of benzene rings is 6. The van der Waals surface area contributed by atoms with Crippen molar-refractivity contribution in [2.24, 2.45) is 0 Å². The van der Waals surface area contributed by atoms with Crippen molar-refractivity contribution < 1.29 is 4.42 Å². The summed E-state index contributed by atoms with van der Waals surface area (Å²) >= 11 is 0. The van der Waals surface area contributed by atoms with Gasteiger partial charge in [-0.25, -0.2) is 9.97 Å². The van der Waals surface area contributed by atoms with E-state index in [1.807, 2.05) is 6.07 Å². The van der Waals surface area contributed by atoms with Crippen LogP contribution in [-0.4, -0.2) is 9.97 Å². The summed E-state index contributed by atoms with van der Waals surface area (Å²) < 4.78 is 6.68. The Kier molecular flexibility index (Phi) is 8.77. The molecule has 6 aromatic carbocycles. The summed E-state index contributed by atoms with van der Waals surface area (Å²) in [7, 11) is 0. The third kappa shape index (κ3) is 6.46. The number of aromatic nitrogens is 2. The predicted molar refractivity (Wildman–Crippen MR) is 232 cm³/mol. The number of para-hydroxylation sites is 1. The van der Waals surface area contributed by atoms with Gasteiger partial charge in [-0.1, -0.05) is 140 Å². The molecule has 0 amide bonds. The lowest BCUT2D eigenvalue weighted by atomic mass is 9.90. The van der Waals surface area contributed by atoms with Gasteiger partial charge in [-0.3, -0.25) is 0 Å². The van der Waals surface area contributed by atoms with E-state index in [2.05, 4.69) is 193 Å². The van der Waals surface area contributed by atoms with E-state index in [0.717, 1.165) is 80.8 Å². The van der Waals surface area contributed by atoms with Gasteiger partial charge in [0.15, 0.2) is 5.82 Å². The molecule has 0 fully saturated rings. The molecule has 0 saturated heterocycles. The average molecular weight is 722 g/mol. The number of hydrogen-bond acceptors (Lipinski definition) is 4. The Balaban J connectivity index is 1.06. The highest BCUT2D eigenvalue weighted by Crippen LogP contribution is 2.42. The summed E-state index contributed by atoms with van der Waals surface area (Å²) in [6, 6.07) is 55.3. The second-order valence-electron chi connectivity index (χ2n) is 14.4. The lowest BCUT2D eigenvalue weighted by molar-refractivity contribution is 0.669. The molecule has 56 heavy (non-hydrogen) atoms. The molecule has 1 unspecified atom stereocenters. The van der Waals surface area contributed by atoms with Crippen molar-refractivity contribution in [2.45, 2.75) is 25.2 Å². The summed E-state index contributed by atoms with van der Waals surface area (Å²) in [5.41, 5.74) is 13.7. The molecule has 10 rings (SSSR count). The zero-order valence-electron chi connectivity index (χ0n) is 30.9. The minimum atomic E-state index is 0.143. The second-order valence-corrected chi connectivity index (χ2v) is 14.4. The summed E-state index contributed by atoms with van der Waals surface area (Å²) in [6.45, 7) is 0. The van der Waals surface area contributed by atoms with Crippen LogP contribution in [0.2, 0.25) is 0 Å². The monoisotopic (exact) mass is 721 g/mol. The number of fused-ring (bicyclic) bond motifs is 3. The highest BCUT2D eigenvalue weighted by Gasteiger charge is 2.22. The van der Waals surface area contributed by atoms with Crippen molar-refractivity contribution >= 4 is 50.1 Å². The molecule has 268 valence electrons. The summed E-state index contributed by atoms with van der Waals surface area (Å²) in [5.74, 6) is 0.857. The fourth-order valence-corrected chi connectivity index (χ4v) is 8.01. The van der Waals surface area contributed by atoms with Crippen LogP contribution in [0.1, 0.15) is 42.1 Å². The Morgan fingerprint density at radius 3 is 1.98 bits per heavy atom. The summed E-state index contributed by atoms with van der Waals surface area (Å²) in [6.07, 6.45) is 16.5. The Morgan fingerprint density at radius 2 is 1.25 bits per heavy atom. The molecule has 0 spiro atoms. The molecule has 8 aromatic rings. The molecule has 0 radical (unpaired) electrons. The summed E-state index contributed by atoms with van der Waals surface area (Å²) in [5, 5.41) is 2.06. The first-order chi connectivity index (χ1) is 27.7. The van der Waals surface area contributed by atoms with E-state index in [0.29, 0.717) is 5.82 Å². The Labute approximate surface area is 327 Å². The van der Waals surface area contributed by atoms with Crippen LogP contribution in [0.5, 0.6) is 0 Å². The smallest absolute Gasteiger partial charge is 0.160 e. The van der Waals surface area contributed by atoms with Gasteiger partial charge in [0.25, 0.3) is 0 Å². The maximum absolute atomic E-state index is 6.68. The first-order valence-corrected chi connectivity index (χ1v) is 19.4. The van der Waals surface area contributed by atoms with E-state index in [9.17, 15) is 0 Å². The fraction of sp³-hybridized carbons (Fsp3) is 0.0769. The first kappa shape index (κ1) is 33.5. The van der Waals surface area contributed by atoms with Crippen molar-refractivity contribution in [1.82, 2.24) is 9.97 Å². The quantitative estimate of drug-likeness (QED) is 0.157. The molecule has 4 nitrogen and oxygen atoms in total. The van der Waals surface area contributed by atoms with Gasteiger partial charge in [0.05, 0.1) is 11.4 Å². The van der Waals surface area contributed by atoms with Crippen LogP contribution in [-0.2, 0) is 0 Å². The number of nitrogens with zero attached hydrogens (tertiary/aromatic N) is 3. The largest absolute Gasteiger partial charge is 0.456 e. The first-order valence-electron chi connectivity index (χ1n) is 19.4. The molecule has 0 N–H and O–H groups in total. The highest BCUT2D eigenvalue weighted by molar-refractivity contribution is 6.12. The predicted octanol–water partition coefficient (Wildman–Crippen LogP) is 14.0. The number of anilines is 3. The number of allylic oxidation sites excluding steroid dienone is 8. The molecule has 0 saturated carbocycles. The van der Waals surface area contributed by atoms with Crippen molar-refractivity contribution in [2.75, 3.05) is 4.90 Å². The minimum Gasteiger partial charge on any atom is -0.456 e. The van der Waals surface area contributed by atoms with E-state index >= 15 is 0 Å². The van der Waals surface area contributed by atoms with Gasteiger partial charge in [0.2, 0.25) is 0 Å². The Bertz CT molecular complexity index is 2810. The van der Waals surface area contributed by atoms with Crippen LogP contribution in [0.15, 0.2) is 199 Å². The van der Waals surface area contributed by atoms with Gasteiger partial charge < -0.3 is 9.32 Å². The van der Waals surface area contributed by atoms with Gasteiger partial charge in [0.1, 0.15) is 11.2 Å². The zero-order chi connectivity index (χ0) is 37.3. The summed E-state index contributed by atoms with van der Waals surface area (Å²) in [4.78, 5) is 12.9. The zero-order valence-corrected chi connectivity index (χ0v) is 30.9. The van der Waals surface area contributed by atoms with Crippen LogP contribution < -0.4 is 4.90 Å². The molecule has 2 aliphatic rings. The molecule has 1 atom stereocenters. The van der Waals surface area contributed by atoms with Gasteiger partial charge in [0, 0.05) is 45.4 Å². The Morgan fingerprint density at radius 1 is 0.536 bits per heavy atom. The normalized spacial score (nSPS) is 15.2. The van der Waals surface area contributed by atoms with E-state index < -0.39 is 0 Å². The van der Waals surface area contributed by atoms with E-state index in [4.69, 9.17) is 14.4 Å². The lowest BCUT2D eigenvalue weighted by Gasteiger charge is -2.25. The van der Waals surface area contributed by atoms with Gasteiger partial charge >= 0.3 is 0 Å². The molecular formula is C52H39N3O. The van der Waals surface area contributed by atoms with Crippen LogP contribution in [0.3, 0.4) is 0 Å². The van der Waals surface area contributed by atoms with Crippen molar-refractivity contribution in [3.05, 3.63) is 211 Å². The topological polar surface area (TPSA) is 42.2 Å². The fourth-order valence-electron chi connectivity index (χ4n) is 8.01. The van der Waals surface area contributed by atoms with Gasteiger partial charge in [-0.15, -0.1) is 0 Å². The molecule has 0 aliphatic heterocycles. The Hall–Kier alpha value is -7.04. The van der Waals surface area contributed by atoms with Gasteiger partial charge in [-0.2, -0.15) is 0 Å². The van der Waals surface area contributed by atoms with Crippen LogP contribution >= 0.6 is 0 Å². The second kappa shape index (κ2) is 14.7. The van der Waals surface area contributed by atoms with Crippen molar-refractivity contribution in [1.29, 1.82) is 0 Å². The highest BCUT2D eigenvalue weighted by atomic mass is 16.3. The molecular weight excluding hydrogens is 683 g/mol. The van der Waals surface area contributed by atoms with Crippen molar-refractivity contribution in [3.8, 4) is 22.5 Å². The number of furan rings is 1. The van der Waals surface area contributed by atoms with E-state index in [1.54, 1.807) is 0 Å². The third-order valence-electron chi connectivity index (χ3n) is 10.9. The molecule has 0 bridgehead atoms. The maximum Gasteiger partial charge on any atom is 0.160 e. The van der Waals surface area contributed by atoms with Crippen LogP contribution in [0.25, 0.3) is 55.6 Å². The molecule has 2 aromatic heterocycles. The SMILES string of the molecule is C1=CC(c2cc(C3C=CC(c4ccccc4)=CC3)nc(-c3cccc4oc5cc(N(c6ccccc6)c6ccc(-c7ccccc7)cc6)ccc5c34)n2)=CCC1. The lowest BCUT2D eigenvalue weighted by Crippen LogP contribution is -2.09.